The quantitative estimate of drug-likeness (QED) is 0.256. The predicted octanol–water partition coefficient (Wildman–Crippen LogP) is 6.74. The molecule has 0 spiro atoms. The van der Waals surface area contributed by atoms with E-state index >= 15 is 0 Å². The molecule has 0 amide bonds. The molecule has 0 radical (unpaired) electrons. The van der Waals surface area contributed by atoms with Crippen LogP contribution in [-0.4, -0.2) is 17.6 Å². The molecule has 0 fully saturated rings. The maximum absolute atomic E-state index is 11.6. The van der Waals surface area contributed by atoms with E-state index in [1.165, 1.54) is 84.2 Å². The molecule has 3 nitrogen and oxygen atoms in total. The van der Waals surface area contributed by atoms with E-state index in [9.17, 15) is 4.79 Å². The van der Waals surface area contributed by atoms with Gasteiger partial charge in [0.15, 0.2) is 0 Å². The standard InChI is InChI=1S/C20H34BrNO2/c1-3-4-5-6-7-8-9-10-11-12-13-14-15-22-16-18(19(21)17-22)20(23)24-2/h16-17H,3-15H2,1-2H3. The van der Waals surface area contributed by atoms with Crippen molar-refractivity contribution in [2.24, 2.45) is 0 Å². The first-order valence-electron chi connectivity index (χ1n) is 9.62. The highest BCUT2D eigenvalue weighted by molar-refractivity contribution is 9.10. The topological polar surface area (TPSA) is 31.2 Å². The van der Waals surface area contributed by atoms with Crippen molar-refractivity contribution in [2.75, 3.05) is 7.11 Å². The van der Waals surface area contributed by atoms with Crippen molar-refractivity contribution in [1.82, 2.24) is 4.57 Å². The van der Waals surface area contributed by atoms with Crippen LogP contribution in [0.25, 0.3) is 0 Å². The number of hydrogen-bond acceptors (Lipinski definition) is 2. The fourth-order valence-corrected chi connectivity index (χ4v) is 3.53. The summed E-state index contributed by atoms with van der Waals surface area (Å²) in [5.74, 6) is -0.282. The molecule has 24 heavy (non-hydrogen) atoms. The largest absolute Gasteiger partial charge is 0.465 e. The normalized spacial score (nSPS) is 11.0. The van der Waals surface area contributed by atoms with Crippen LogP contribution in [-0.2, 0) is 11.3 Å². The third-order valence-electron chi connectivity index (χ3n) is 4.51. The zero-order valence-corrected chi connectivity index (χ0v) is 17.1. The van der Waals surface area contributed by atoms with Crippen LogP contribution in [0, 0.1) is 0 Å². The van der Waals surface area contributed by atoms with Gasteiger partial charge in [-0.3, -0.25) is 0 Å². The Balaban J connectivity index is 1.98. The van der Waals surface area contributed by atoms with Crippen molar-refractivity contribution >= 4 is 21.9 Å². The zero-order valence-electron chi connectivity index (χ0n) is 15.5. The first-order valence-corrected chi connectivity index (χ1v) is 10.4. The number of carbonyl (C=O) groups is 1. The van der Waals surface area contributed by atoms with E-state index in [0.717, 1.165) is 11.0 Å². The molecule has 0 aliphatic rings. The van der Waals surface area contributed by atoms with Crippen molar-refractivity contribution in [3.63, 3.8) is 0 Å². The minimum absolute atomic E-state index is 0.282. The van der Waals surface area contributed by atoms with Crippen LogP contribution >= 0.6 is 15.9 Å². The molecule has 0 saturated carbocycles. The zero-order chi connectivity index (χ0) is 17.6. The van der Waals surface area contributed by atoms with Gasteiger partial charge in [-0.2, -0.15) is 0 Å². The summed E-state index contributed by atoms with van der Waals surface area (Å²) in [6.45, 7) is 3.24. The van der Waals surface area contributed by atoms with E-state index in [1.54, 1.807) is 0 Å². The number of aromatic nitrogens is 1. The lowest BCUT2D eigenvalue weighted by Crippen LogP contribution is -2.00. The Morgan fingerprint density at radius 3 is 1.92 bits per heavy atom. The summed E-state index contributed by atoms with van der Waals surface area (Å²) in [4.78, 5) is 11.6. The number of carbonyl (C=O) groups excluding carboxylic acids is 1. The number of nitrogens with zero attached hydrogens (tertiary/aromatic N) is 1. The number of ether oxygens (including phenoxy) is 1. The Labute approximate surface area is 156 Å². The van der Waals surface area contributed by atoms with Crippen LogP contribution in [0.15, 0.2) is 16.9 Å². The summed E-state index contributed by atoms with van der Waals surface area (Å²) in [6, 6.07) is 0. The average Bonchev–Trinajstić information content (AvgIpc) is 2.96. The van der Waals surface area contributed by atoms with Gasteiger partial charge in [-0.05, 0) is 22.4 Å². The third-order valence-corrected chi connectivity index (χ3v) is 5.14. The molecular weight excluding hydrogens is 366 g/mol. The molecule has 1 aromatic rings. The number of halogens is 1. The fourth-order valence-electron chi connectivity index (χ4n) is 3.00. The Bertz CT molecular complexity index is 456. The van der Waals surface area contributed by atoms with Gasteiger partial charge in [0.2, 0.25) is 0 Å². The molecule has 0 unspecified atom stereocenters. The fraction of sp³-hybridized carbons (Fsp3) is 0.750. The van der Waals surface area contributed by atoms with Crippen molar-refractivity contribution in [3.8, 4) is 0 Å². The summed E-state index contributed by atoms with van der Waals surface area (Å²) in [6.07, 6.45) is 20.1. The van der Waals surface area contributed by atoms with E-state index in [-0.39, 0.29) is 5.97 Å². The predicted molar refractivity (Wildman–Crippen MR) is 105 cm³/mol. The van der Waals surface area contributed by atoms with Gasteiger partial charge in [-0.1, -0.05) is 77.6 Å². The molecule has 0 atom stereocenters. The Kier molecular flexibility index (Phi) is 12.0. The highest BCUT2D eigenvalue weighted by Gasteiger charge is 2.12. The molecule has 0 N–H and O–H groups in total. The molecule has 0 saturated heterocycles. The van der Waals surface area contributed by atoms with E-state index in [1.807, 2.05) is 12.4 Å². The third kappa shape index (κ3) is 8.91. The van der Waals surface area contributed by atoms with Gasteiger partial charge >= 0.3 is 5.97 Å². The van der Waals surface area contributed by atoms with Crippen molar-refractivity contribution < 1.29 is 9.53 Å². The SMILES string of the molecule is CCCCCCCCCCCCCCn1cc(Br)c(C(=O)OC)c1. The second-order valence-electron chi connectivity index (χ2n) is 6.64. The van der Waals surface area contributed by atoms with Crippen LogP contribution in [0.1, 0.15) is 94.3 Å². The average molecular weight is 400 g/mol. The lowest BCUT2D eigenvalue weighted by Gasteiger charge is -2.04. The van der Waals surface area contributed by atoms with Crippen LogP contribution in [0.3, 0.4) is 0 Å². The molecule has 0 aromatic carbocycles. The van der Waals surface area contributed by atoms with Gasteiger partial charge in [0, 0.05) is 23.4 Å². The van der Waals surface area contributed by atoms with Crippen LogP contribution in [0.2, 0.25) is 0 Å². The molecule has 4 heteroatoms. The summed E-state index contributed by atoms with van der Waals surface area (Å²) < 4.78 is 7.65. The van der Waals surface area contributed by atoms with Crippen LogP contribution in [0.5, 0.6) is 0 Å². The lowest BCUT2D eigenvalue weighted by molar-refractivity contribution is 0.0599. The highest BCUT2D eigenvalue weighted by Crippen LogP contribution is 2.19. The molecule has 1 rings (SSSR count). The molecule has 0 aliphatic carbocycles. The summed E-state index contributed by atoms with van der Waals surface area (Å²) in [5.41, 5.74) is 0.608. The van der Waals surface area contributed by atoms with E-state index in [4.69, 9.17) is 4.74 Å². The van der Waals surface area contributed by atoms with Crippen molar-refractivity contribution in [1.29, 1.82) is 0 Å². The number of unbranched alkanes of at least 4 members (excludes halogenated alkanes) is 11. The van der Waals surface area contributed by atoms with Crippen molar-refractivity contribution in [2.45, 2.75) is 90.5 Å². The Hall–Kier alpha value is -0.770. The molecule has 138 valence electrons. The highest BCUT2D eigenvalue weighted by atomic mass is 79.9. The van der Waals surface area contributed by atoms with E-state index < -0.39 is 0 Å². The number of aryl methyl sites for hydroxylation is 1. The summed E-state index contributed by atoms with van der Waals surface area (Å²) in [7, 11) is 1.41. The van der Waals surface area contributed by atoms with Crippen LogP contribution in [0.4, 0.5) is 0 Å². The van der Waals surface area contributed by atoms with E-state index in [2.05, 4.69) is 27.4 Å². The number of rotatable bonds is 14. The molecule has 1 heterocycles. The molecule has 0 aliphatic heterocycles. The Morgan fingerprint density at radius 2 is 1.42 bits per heavy atom. The number of hydrogen-bond donors (Lipinski definition) is 0. The number of methoxy groups -OCH3 is 1. The first kappa shape index (κ1) is 21.3. The maximum atomic E-state index is 11.6. The maximum Gasteiger partial charge on any atom is 0.340 e. The smallest absolute Gasteiger partial charge is 0.340 e. The van der Waals surface area contributed by atoms with Gasteiger partial charge in [0.25, 0.3) is 0 Å². The summed E-state index contributed by atoms with van der Waals surface area (Å²) >= 11 is 3.41. The van der Waals surface area contributed by atoms with Gasteiger partial charge in [0.05, 0.1) is 12.7 Å². The molecular formula is C20H34BrNO2. The minimum atomic E-state index is -0.282. The van der Waals surface area contributed by atoms with Gasteiger partial charge in [0.1, 0.15) is 0 Å². The van der Waals surface area contributed by atoms with Gasteiger partial charge in [-0.15, -0.1) is 0 Å². The minimum Gasteiger partial charge on any atom is -0.465 e. The first-order chi connectivity index (χ1) is 11.7. The summed E-state index contributed by atoms with van der Waals surface area (Å²) in [5, 5.41) is 0. The van der Waals surface area contributed by atoms with Gasteiger partial charge in [-0.25, -0.2) is 4.79 Å². The van der Waals surface area contributed by atoms with Gasteiger partial charge < -0.3 is 9.30 Å². The molecule has 1 aromatic heterocycles. The van der Waals surface area contributed by atoms with Crippen LogP contribution < -0.4 is 0 Å². The number of esters is 1. The monoisotopic (exact) mass is 399 g/mol. The molecule has 0 bridgehead atoms. The Morgan fingerprint density at radius 1 is 0.917 bits per heavy atom. The van der Waals surface area contributed by atoms with Crippen molar-refractivity contribution in [3.05, 3.63) is 22.4 Å². The second-order valence-corrected chi connectivity index (χ2v) is 7.49. The van der Waals surface area contributed by atoms with E-state index in [0.29, 0.717) is 5.56 Å². The lowest BCUT2D eigenvalue weighted by atomic mass is 10.1. The second kappa shape index (κ2) is 13.5.